The Morgan fingerprint density at radius 2 is 2.00 bits per heavy atom. The molecule has 0 unspecified atom stereocenters. The molecule has 0 saturated carbocycles. The second kappa shape index (κ2) is 6.70. The highest BCUT2D eigenvalue weighted by molar-refractivity contribution is 5.87. The van der Waals surface area contributed by atoms with Crippen LogP contribution in [0.3, 0.4) is 0 Å². The molecule has 1 atom stereocenters. The molecule has 2 aromatic rings. The van der Waals surface area contributed by atoms with Crippen LogP contribution in [0.2, 0.25) is 0 Å². The van der Waals surface area contributed by atoms with E-state index in [1.165, 1.54) is 0 Å². The molecule has 2 rings (SSSR count). The quantitative estimate of drug-likeness (QED) is 0.512. The molecule has 0 fully saturated rings. The van der Waals surface area contributed by atoms with Gasteiger partial charge in [-0.05, 0) is 32.4 Å². The van der Waals surface area contributed by atoms with E-state index in [0.717, 1.165) is 16.5 Å². The van der Waals surface area contributed by atoms with Gasteiger partial charge in [-0.2, -0.15) is 0 Å². The topological polar surface area (TPSA) is 103 Å². The van der Waals surface area contributed by atoms with Gasteiger partial charge in [0.25, 0.3) is 5.91 Å². The van der Waals surface area contributed by atoms with E-state index in [4.69, 9.17) is 9.94 Å². The van der Waals surface area contributed by atoms with Crippen molar-refractivity contribution < 1.29 is 19.5 Å². The lowest BCUT2D eigenvalue weighted by atomic mass is 10.0. The summed E-state index contributed by atoms with van der Waals surface area (Å²) in [5.74, 6) is -0.707. The summed E-state index contributed by atoms with van der Waals surface area (Å²) in [6.45, 7) is 5.19. The van der Waals surface area contributed by atoms with Crippen molar-refractivity contribution >= 4 is 22.9 Å². The van der Waals surface area contributed by atoms with E-state index in [-0.39, 0.29) is 6.42 Å². The van der Waals surface area contributed by atoms with Crippen molar-refractivity contribution in [1.82, 2.24) is 15.8 Å². The highest BCUT2D eigenvalue weighted by Gasteiger charge is 2.25. The number of para-hydroxylation sites is 1. The van der Waals surface area contributed by atoms with Gasteiger partial charge < -0.3 is 15.0 Å². The molecule has 0 spiro atoms. The second-order valence-electron chi connectivity index (χ2n) is 6.24. The molecule has 4 N–H and O–H groups in total. The lowest BCUT2D eigenvalue weighted by Gasteiger charge is -2.22. The molecular weight excluding hydrogens is 298 g/mol. The Morgan fingerprint density at radius 1 is 1.30 bits per heavy atom. The van der Waals surface area contributed by atoms with Crippen molar-refractivity contribution in [3.05, 3.63) is 36.0 Å². The standard InChI is InChI=1S/C16H21N3O4/c1-16(2,3)23-15(21)18-13(14(20)19-22)8-10-9-17-12-7-5-4-6-11(10)12/h4-7,9,13,17,22H,8H2,1-3H3,(H,18,21)(H,19,20)/t13-/m0/s1. The van der Waals surface area contributed by atoms with Crippen molar-refractivity contribution in [2.75, 3.05) is 0 Å². The van der Waals surface area contributed by atoms with Crippen LogP contribution in [0.25, 0.3) is 10.9 Å². The van der Waals surface area contributed by atoms with E-state index in [9.17, 15) is 9.59 Å². The van der Waals surface area contributed by atoms with Gasteiger partial charge in [-0.1, -0.05) is 18.2 Å². The minimum atomic E-state index is -0.950. The van der Waals surface area contributed by atoms with Gasteiger partial charge in [0.15, 0.2) is 0 Å². The monoisotopic (exact) mass is 319 g/mol. The molecule has 0 aliphatic rings. The Bertz CT molecular complexity index is 703. The molecule has 23 heavy (non-hydrogen) atoms. The lowest BCUT2D eigenvalue weighted by Crippen LogP contribution is -2.48. The maximum atomic E-state index is 11.9. The summed E-state index contributed by atoms with van der Waals surface area (Å²) in [7, 11) is 0. The number of aromatic amines is 1. The van der Waals surface area contributed by atoms with Crippen molar-refractivity contribution in [3.8, 4) is 0 Å². The predicted molar refractivity (Wildman–Crippen MR) is 85.1 cm³/mol. The first kappa shape index (κ1) is 16.8. The molecule has 7 heteroatoms. The first-order valence-electron chi connectivity index (χ1n) is 7.28. The van der Waals surface area contributed by atoms with E-state index in [0.29, 0.717) is 0 Å². The average Bonchev–Trinajstić information content (AvgIpc) is 2.87. The van der Waals surface area contributed by atoms with Gasteiger partial charge in [0, 0.05) is 23.5 Å². The Kier molecular flexibility index (Phi) is 4.90. The van der Waals surface area contributed by atoms with Crippen LogP contribution in [-0.4, -0.2) is 33.8 Å². The van der Waals surface area contributed by atoms with Crippen molar-refractivity contribution in [2.45, 2.75) is 38.8 Å². The number of carbonyl (C=O) groups is 2. The maximum absolute atomic E-state index is 11.9. The maximum Gasteiger partial charge on any atom is 0.408 e. The van der Waals surface area contributed by atoms with Crippen LogP contribution >= 0.6 is 0 Å². The molecule has 0 saturated heterocycles. The van der Waals surface area contributed by atoms with Crippen molar-refractivity contribution in [3.63, 3.8) is 0 Å². The minimum Gasteiger partial charge on any atom is -0.444 e. The van der Waals surface area contributed by atoms with Gasteiger partial charge in [0.1, 0.15) is 11.6 Å². The molecule has 7 nitrogen and oxygen atoms in total. The molecular formula is C16H21N3O4. The third kappa shape index (κ3) is 4.46. The zero-order valence-corrected chi connectivity index (χ0v) is 13.3. The number of rotatable bonds is 4. The number of benzene rings is 1. The van der Waals surface area contributed by atoms with Gasteiger partial charge in [-0.3, -0.25) is 10.0 Å². The van der Waals surface area contributed by atoms with E-state index >= 15 is 0 Å². The smallest absolute Gasteiger partial charge is 0.408 e. The fraction of sp³-hybridized carbons (Fsp3) is 0.375. The van der Waals surface area contributed by atoms with Gasteiger partial charge in [0.05, 0.1) is 0 Å². The molecule has 0 radical (unpaired) electrons. The van der Waals surface area contributed by atoms with E-state index in [1.54, 1.807) is 32.4 Å². The number of alkyl carbamates (subject to hydrolysis) is 1. The molecule has 2 amide bonds. The number of carbonyl (C=O) groups excluding carboxylic acids is 2. The molecule has 124 valence electrons. The van der Waals surface area contributed by atoms with Crippen LogP contribution in [-0.2, 0) is 16.0 Å². The van der Waals surface area contributed by atoms with Crippen molar-refractivity contribution in [1.29, 1.82) is 0 Å². The first-order chi connectivity index (χ1) is 10.8. The summed E-state index contributed by atoms with van der Waals surface area (Å²) in [5, 5.41) is 12.3. The van der Waals surface area contributed by atoms with Crippen LogP contribution in [0.15, 0.2) is 30.5 Å². The number of nitrogens with one attached hydrogen (secondary N) is 3. The van der Waals surface area contributed by atoms with Gasteiger partial charge >= 0.3 is 6.09 Å². The predicted octanol–water partition coefficient (Wildman–Crippen LogP) is 2.11. The van der Waals surface area contributed by atoms with Crippen LogP contribution in [0.1, 0.15) is 26.3 Å². The summed E-state index contributed by atoms with van der Waals surface area (Å²) < 4.78 is 5.15. The largest absolute Gasteiger partial charge is 0.444 e. The van der Waals surface area contributed by atoms with Crippen LogP contribution in [0.5, 0.6) is 0 Å². The number of aromatic nitrogens is 1. The van der Waals surface area contributed by atoms with Crippen LogP contribution in [0, 0.1) is 0 Å². The number of H-pyrrole nitrogens is 1. The lowest BCUT2D eigenvalue weighted by molar-refractivity contribution is -0.131. The Labute approximate surface area is 134 Å². The normalized spacial score (nSPS) is 12.7. The molecule has 1 aromatic heterocycles. The fourth-order valence-corrected chi connectivity index (χ4v) is 2.26. The first-order valence-corrected chi connectivity index (χ1v) is 7.28. The number of fused-ring (bicyclic) bond motifs is 1. The van der Waals surface area contributed by atoms with Crippen LogP contribution < -0.4 is 10.8 Å². The highest BCUT2D eigenvalue weighted by atomic mass is 16.6. The molecule has 1 heterocycles. The fourth-order valence-electron chi connectivity index (χ4n) is 2.26. The summed E-state index contributed by atoms with van der Waals surface area (Å²) in [6, 6.07) is 6.68. The third-order valence-corrected chi connectivity index (χ3v) is 3.22. The molecule has 0 aliphatic heterocycles. The molecule has 0 aliphatic carbocycles. The zero-order valence-electron chi connectivity index (χ0n) is 13.3. The summed E-state index contributed by atoms with van der Waals surface area (Å²) in [5.41, 5.74) is 2.68. The van der Waals surface area contributed by atoms with E-state index < -0.39 is 23.6 Å². The molecule has 1 aromatic carbocycles. The number of hydroxylamine groups is 1. The minimum absolute atomic E-state index is 0.218. The number of amides is 2. The van der Waals surface area contributed by atoms with E-state index in [1.807, 2.05) is 24.3 Å². The summed E-state index contributed by atoms with van der Waals surface area (Å²) >= 11 is 0. The SMILES string of the molecule is CC(C)(C)OC(=O)N[C@@H](Cc1c[nH]c2ccccc12)C(=O)NO. The number of hydrogen-bond acceptors (Lipinski definition) is 4. The summed E-state index contributed by atoms with van der Waals surface area (Å²) in [6.07, 6.45) is 1.28. The Hall–Kier alpha value is -2.54. The number of hydrogen-bond donors (Lipinski definition) is 4. The zero-order chi connectivity index (χ0) is 17.0. The van der Waals surface area contributed by atoms with Gasteiger partial charge in [-0.25, -0.2) is 10.3 Å². The van der Waals surface area contributed by atoms with Gasteiger partial charge in [-0.15, -0.1) is 0 Å². The second-order valence-corrected chi connectivity index (χ2v) is 6.24. The van der Waals surface area contributed by atoms with Crippen molar-refractivity contribution in [2.24, 2.45) is 0 Å². The Morgan fingerprint density at radius 3 is 2.65 bits per heavy atom. The van der Waals surface area contributed by atoms with Crippen LogP contribution in [0.4, 0.5) is 4.79 Å². The average molecular weight is 319 g/mol. The van der Waals surface area contributed by atoms with E-state index in [2.05, 4.69) is 10.3 Å². The molecule has 0 bridgehead atoms. The Balaban J connectivity index is 2.16. The third-order valence-electron chi connectivity index (χ3n) is 3.22. The summed E-state index contributed by atoms with van der Waals surface area (Å²) in [4.78, 5) is 26.8. The number of ether oxygens (including phenoxy) is 1. The highest BCUT2D eigenvalue weighted by Crippen LogP contribution is 2.19. The van der Waals surface area contributed by atoms with Gasteiger partial charge in [0.2, 0.25) is 0 Å².